The van der Waals surface area contributed by atoms with E-state index in [1.807, 2.05) is 0 Å². The summed E-state index contributed by atoms with van der Waals surface area (Å²) in [5.74, 6) is -1.09. The Morgan fingerprint density at radius 2 is 1.94 bits per heavy atom. The van der Waals surface area contributed by atoms with Crippen molar-refractivity contribution in [2.45, 2.75) is 6.92 Å². The number of aryl methyl sites for hydroxylation is 1. The number of pyridine rings is 1. The van der Waals surface area contributed by atoms with E-state index < -0.39 is 5.97 Å². The first-order chi connectivity index (χ1) is 7.18. The zero-order valence-corrected chi connectivity index (χ0v) is 7.95. The molecule has 2 heterocycles. The predicted octanol–water partition coefficient (Wildman–Crippen LogP) is 0.0204. The van der Waals surface area contributed by atoms with Crippen molar-refractivity contribution in [1.82, 2.24) is 20.0 Å². The van der Waals surface area contributed by atoms with E-state index in [2.05, 4.69) is 15.2 Å². The summed E-state index contributed by atoms with van der Waals surface area (Å²) in [6.45, 7) is 1.73. The van der Waals surface area contributed by atoms with Gasteiger partial charge in [-0.15, -0.1) is 4.80 Å². The molecular weight excluding hydrogens is 203 g/mol. The predicted molar refractivity (Wildman–Crippen MR) is 58.0 cm³/mol. The molecule has 0 aliphatic heterocycles. The van der Waals surface area contributed by atoms with Gasteiger partial charge in [-0.05, 0) is 19.1 Å². The van der Waals surface area contributed by atoms with Gasteiger partial charge in [-0.3, -0.25) is 0 Å². The van der Waals surface area contributed by atoms with E-state index in [0.717, 1.165) is 0 Å². The van der Waals surface area contributed by atoms with Crippen LogP contribution in [0.4, 0.5) is 0 Å². The van der Waals surface area contributed by atoms with Gasteiger partial charge in [0.15, 0.2) is 5.69 Å². The Kier molecular flexibility index (Phi) is 3.82. The van der Waals surface area contributed by atoms with E-state index in [0.29, 0.717) is 11.4 Å². The van der Waals surface area contributed by atoms with Gasteiger partial charge in [-0.1, -0.05) is 0 Å². The van der Waals surface area contributed by atoms with Gasteiger partial charge in [-0.25, -0.2) is 9.78 Å². The summed E-state index contributed by atoms with van der Waals surface area (Å²) in [5.41, 5.74) is 0.951. The van der Waals surface area contributed by atoms with Crippen LogP contribution in [0.15, 0.2) is 24.5 Å². The SMILES string of the molecule is Cc1ccc(-n2nccn2)c(C(=O)O)n1.[LiH]. The van der Waals surface area contributed by atoms with E-state index in [1.165, 1.54) is 17.2 Å². The summed E-state index contributed by atoms with van der Waals surface area (Å²) >= 11 is 0. The van der Waals surface area contributed by atoms with Crippen LogP contribution >= 0.6 is 0 Å². The second-order valence-electron chi connectivity index (χ2n) is 2.94. The molecule has 1 N–H and O–H groups in total. The third kappa shape index (κ3) is 2.29. The molecule has 6 nitrogen and oxygen atoms in total. The van der Waals surface area contributed by atoms with Gasteiger partial charge in [0.05, 0.1) is 12.4 Å². The average Bonchev–Trinajstić information content (AvgIpc) is 2.70. The number of carboxylic acid groups (broad SMARTS) is 1. The molecule has 0 aliphatic carbocycles. The summed E-state index contributed by atoms with van der Waals surface area (Å²) in [5, 5.41) is 16.7. The van der Waals surface area contributed by atoms with Crippen LogP contribution in [-0.4, -0.2) is 49.9 Å². The molecule has 0 fully saturated rings. The van der Waals surface area contributed by atoms with E-state index in [9.17, 15) is 4.79 Å². The first kappa shape index (κ1) is 12.4. The second kappa shape index (κ2) is 4.92. The fourth-order valence-corrected chi connectivity index (χ4v) is 1.21. The summed E-state index contributed by atoms with van der Waals surface area (Å²) in [6, 6.07) is 3.34. The van der Waals surface area contributed by atoms with Gasteiger partial charge >= 0.3 is 24.8 Å². The van der Waals surface area contributed by atoms with Crippen LogP contribution in [0.1, 0.15) is 16.2 Å². The van der Waals surface area contributed by atoms with Crippen LogP contribution in [0.25, 0.3) is 5.69 Å². The number of aromatic nitrogens is 4. The quantitative estimate of drug-likeness (QED) is 0.709. The van der Waals surface area contributed by atoms with Crippen molar-refractivity contribution < 1.29 is 9.90 Å². The molecular formula is C9H9LiN4O2. The van der Waals surface area contributed by atoms with Crippen LogP contribution in [0.3, 0.4) is 0 Å². The number of carboxylic acids is 1. The summed E-state index contributed by atoms with van der Waals surface area (Å²) < 4.78 is 0. The summed E-state index contributed by atoms with van der Waals surface area (Å²) in [7, 11) is 0. The zero-order valence-electron chi connectivity index (χ0n) is 7.95. The van der Waals surface area contributed by atoms with Crippen molar-refractivity contribution in [1.29, 1.82) is 0 Å². The van der Waals surface area contributed by atoms with Gasteiger partial charge in [0.25, 0.3) is 0 Å². The van der Waals surface area contributed by atoms with E-state index in [4.69, 9.17) is 5.11 Å². The van der Waals surface area contributed by atoms with Crippen molar-refractivity contribution in [3.05, 3.63) is 35.9 Å². The molecule has 0 unspecified atom stereocenters. The Balaban J connectivity index is 0.00000128. The number of nitrogens with zero attached hydrogens (tertiary/aromatic N) is 4. The second-order valence-corrected chi connectivity index (χ2v) is 2.94. The molecule has 0 aromatic carbocycles. The number of aromatic carboxylic acids is 1. The topological polar surface area (TPSA) is 80.9 Å². The Hall–Kier alpha value is -1.64. The van der Waals surface area contributed by atoms with Crippen molar-refractivity contribution in [2.75, 3.05) is 0 Å². The molecule has 0 radical (unpaired) electrons. The summed E-state index contributed by atoms with van der Waals surface area (Å²) in [4.78, 5) is 16.1. The zero-order chi connectivity index (χ0) is 10.8. The molecule has 0 amide bonds. The summed E-state index contributed by atoms with van der Waals surface area (Å²) in [6.07, 6.45) is 2.96. The van der Waals surface area contributed by atoms with Gasteiger partial charge in [0.1, 0.15) is 5.69 Å². The molecule has 16 heavy (non-hydrogen) atoms. The molecule has 0 saturated carbocycles. The average molecular weight is 212 g/mol. The minimum atomic E-state index is -1.09. The van der Waals surface area contributed by atoms with Gasteiger partial charge in [-0.2, -0.15) is 10.2 Å². The molecule has 7 heteroatoms. The fraction of sp³-hybridized carbons (Fsp3) is 0.111. The monoisotopic (exact) mass is 212 g/mol. The maximum absolute atomic E-state index is 10.9. The molecule has 2 aromatic heterocycles. The van der Waals surface area contributed by atoms with Crippen LogP contribution in [-0.2, 0) is 0 Å². The molecule has 0 atom stereocenters. The van der Waals surface area contributed by atoms with Gasteiger partial charge < -0.3 is 5.11 Å². The van der Waals surface area contributed by atoms with E-state index in [1.54, 1.807) is 19.1 Å². The Morgan fingerprint density at radius 1 is 1.31 bits per heavy atom. The normalized spacial score (nSPS) is 9.56. The minimum absolute atomic E-state index is 0. The van der Waals surface area contributed by atoms with E-state index in [-0.39, 0.29) is 24.6 Å². The first-order valence-corrected chi connectivity index (χ1v) is 4.26. The first-order valence-electron chi connectivity index (χ1n) is 4.26. The Bertz CT molecular complexity index is 498. The molecule has 0 spiro atoms. The molecule has 0 aliphatic rings. The van der Waals surface area contributed by atoms with Crippen LogP contribution in [0, 0.1) is 6.92 Å². The number of rotatable bonds is 2. The van der Waals surface area contributed by atoms with Crippen molar-refractivity contribution in [2.24, 2.45) is 0 Å². The number of hydrogen-bond acceptors (Lipinski definition) is 4. The number of hydrogen-bond donors (Lipinski definition) is 1. The molecule has 2 rings (SSSR count). The van der Waals surface area contributed by atoms with Gasteiger partial charge in [0.2, 0.25) is 0 Å². The van der Waals surface area contributed by atoms with Crippen LogP contribution < -0.4 is 0 Å². The molecule has 0 bridgehead atoms. The molecule has 0 saturated heterocycles. The maximum atomic E-state index is 10.9. The van der Waals surface area contributed by atoms with Crippen LogP contribution in [0.2, 0.25) is 0 Å². The third-order valence-corrected chi connectivity index (χ3v) is 1.85. The van der Waals surface area contributed by atoms with Crippen LogP contribution in [0.5, 0.6) is 0 Å². The van der Waals surface area contributed by atoms with Crippen molar-refractivity contribution in [3.63, 3.8) is 0 Å². The molecule has 78 valence electrons. The van der Waals surface area contributed by atoms with Crippen molar-refractivity contribution >= 4 is 24.8 Å². The van der Waals surface area contributed by atoms with Gasteiger partial charge in [0, 0.05) is 5.69 Å². The van der Waals surface area contributed by atoms with E-state index >= 15 is 0 Å². The number of carbonyl (C=O) groups is 1. The fourth-order valence-electron chi connectivity index (χ4n) is 1.21. The third-order valence-electron chi connectivity index (χ3n) is 1.85. The molecule has 2 aromatic rings. The Labute approximate surface area is 103 Å². The Morgan fingerprint density at radius 3 is 2.50 bits per heavy atom. The standard InChI is InChI=1S/C9H8N4O2.Li.H/c1-6-2-3-7(8(12-6)9(14)15)13-10-4-5-11-13;;/h2-5H,1H3,(H,14,15);;. The van der Waals surface area contributed by atoms with Crippen molar-refractivity contribution in [3.8, 4) is 5.69 Å².